The summed E-state index contributed by atoms with van der Waals surface area (Å²) in [5, 5.41) is 12.7. The first-order valence-corrected chi connectivity index (χ1v) is 5.16. The molecule has 0 bridgehead atoms. The van der Waals surface area contributed by atoms with E-state index in [-0.39, 0.29) is 13.0 Å². The number of carboxylic acids is 1. The van der Waals surface area contributed by atoms with Gasteiger partial charge in [0.15, 0.2) is 0 Å². The molecule has 1 heterocycles. The molecular formula is C8H11N3O3S. The molecule has 1 amide bonds. The van der Waals surface area contributed by atoms with Gasteiger partial charge in [0.2, 0.25) is 5.91 Å². The van der Waals surface area contributed by atoms with Gasteiger partial charge in [-0.1, -0.05) is 0 Å². The molecule has 0 fully saturated rings. The number of nitrogens with zero attached hydrogens (tertiary/aromatic N) is 1. The zero-order valence-electron chi connectivity index (χ0n) is 7.84. The van der Waals surface area contributed by atoms with E-state index >= 15 is 0 Å². The summed E-state index contributed by atoms with van der Waals surface area (Å²) < 4.78 is 0. The van der Waals surface area contributed by atoms with Gasteiger partial charge in [-0.15, -0.1) is 11.3 Å². The van der Waals surface area contributed by atoms with Crippen molar-refractivity contribution in [2.24, 2.45) is 5.73 Å². The number of thiazole rings is 1. The molecule has 0 aliphatic carbocycles. The molecule has 1 aromatic heterocycles. The fourth-order valence-corrected chi connectivity index (χ4v) is 1.47. The third-order valence-electron chi connectivity index (χ3n) is 1.66. The van der Waals surface area contributed by atoms with E-state index in [1.165, 1.54) is 11.3 Å². The number of aliphatic carboxylic acids is 1. The molecule has 15 heavy (non-hydrogen) atoms. The lowest BCUT2D eigenvalue weighted by Gasteiger charge is -2.08. The molecular weight excluding hydrogens is 218 g/mol. The lowest BCUT2D eigenvalue weighted by Crippen LogP contribution is -2.41. The Labute approximate surface area is 90.1 Å². The van der Waals surface area contributed by atoms with Crippen LogP contribution in [-0.2, 0) is 16.1 Å². The number of hydrogen-bond acceptors (Lipinski definition) is 5. The van der Waals surface area contributed by atoms with Gasteiger partial charge in [-0.3, -0.25) is 9.59 Å². The van der Waals surface area contributed by atoms with Gasteiger partial charge in [0.05, 0.1) is 30.2 Å². The largest absolute Gasteiger partial charge is 0.481 e. The maximum atomic E-state index is 11.2. The fraction of sp³-hybridized carbons (Fsp3) is 0.375. The molecule has 4 N–H and O–H groups in total. The Bertz CT molecular complexity index is 339. The first-order chi connectivity index (χ1) is 7.09. The molecule has 0 saturated carbocycles. The second-order valence-corrected chi connectivity index (χ2v) is 3.62. The molecule has 82 valence electrons. The highest BCUT2D eigenvalue weighted by atomic mass is 32.1. The molecule has 0 aromatic carbocycles. The van der Waals surface area contributed by atoms with Gasteiger partial charge in [-0.2, -0.15) is 0 Å². The number of amides is 1. The monoisotopic (exact) mass is 229 g/mol. The van der Waals surface area contributed by atoms with Crippen LogP contribution >= 0.6 is 11.3 Å². The minimum Gasteiger partial charge on any atom is -0.481 e. The Morgan fingerprint density at radius 3 is 2.93 bits per heavy atom. The molecule has 6 nitrogen and oxygen atoms in total. The standard InChI is InChI=1S/C8H11N3O3S/c9-6(1-7(12)13)8(14)10-2-5-3-15-4-11-5/h3-4,6H,1-2,9H2,(H,10,14)(H,12,13). The number of carbonyl (C=O) groups excluding carboxylic acids is 1. The first kappa shape index (κ1) is 11.6. The summed E-state index contributed by atoms with van der Waals surface area (Å²) in [6.07, 6.45) is -0.372. The highest BCUT2D eigenvalue weighted by Gasteiger charge is 2.16. The molecule has 0 saturated heterocycles. The number of aromatic nitrogens is 1. The number of hydrogen-bond donors (Lipinski definition) is 3. The Kier molecular flexibility index (Phi) is 4.19. The van der Waals surface area contributed by atoms with Crippen LogP contribution in [0, 0.1) is 0 Å². The van der Waals surface area contributed by atoms with Gasteiger partial charge in [0.25, 0.3) is 0 Å². The molecule has 0 spiro atoms. The smallest absolute Gasteiger partial charge is 0.305 e. The number of rotatable bonds is 5. The van der Waals surface area contributed by atoms with Gasteiger partial charge in [0.1, 0.15) is 0 Å². The quantitative estimate of drug-likeness (QED) is 0.635. The molecule has 1 rings (SSSR count). The molecule has 1 aromatic rings. The van der Waals surface area contributed by atoms with Gasteiger partial charge in [-0.05, 0) is 0 Å². The number of nitrogens with two attached hydrogens (primary N) is 1. The van der Waals surface area contributed by atoms with E-state index in [1.807, 2.05) is 0 Å². The van der Waals surface area contributed by atoms with Crippen LogP contribution in [0.1, 0.15) is 12.1 Å². The predicted octanol–water partition coefficient (Wildman–Crippen LogP) is -0.439. The SMILES string of the molecule is NC(CC(=O)O)C(=O)NCc1cscn1. The second kappa shape index (κ2) is 5.42. The van der Waals surface area contributed by atoms with Crippen molar-refractivity contribution in [3.8, 4) is 0 Å². The summed E-state index contributed by atoms with van der Waals surface area (Å²) in [7, 11) is 0. The molecule has 1 unspecified atom stereocenters. The van der Waals surface area contributed by atoms with Crippen LogP contribution < -0.4 is 11.1 Å². The van der Waals surface area contributed by atoms with Crippen molar-refractivity contribution in [1.82, 2.24) is 10.3 Å². The summed E-state index contributed by atoms with van der Waals surface area (Å²) in [4.78, 5) is 25.5. The number of nitrogens with one attached hydrogen (secondary N) is 1. The average Bonchev–Trinajstić information content (AvgIpc) is 2.65. The zero-order valence-corrected chi connectivity index (χ0v) is 8.66. The lowest BCUT2D eigenvalue weighted by atomic mass is 10.2. The minimum atomic E-state index is -1.09. The normalized spacial score (nSPS) is 12.1. The van der Waals surface area contributed by atoms with Gasteiger partial charge >= 0.3 is 5.97 Å². The van der Waals surface area contributed by atoms with Crippen molar-refractivity contribution < 1.29 is 14.7 Å². The molecule has 1 atom stereocenters. The molecule has 0 radical (unpaired) electrons. The molecule has 7 heteroatoms. The van der Waals surface area contributed by atoms with Crippen molar-refractivity contribution in [1.29, 1.82) is 0 Å². The maximum absolute atomic E-state index is 11.2. The van der Waals surface area contributed by atoms with Crippen LogP contribution in [0.4, 0.5) is 0 Å². The van der Waals surface area contributed by atoms with Gasteiger partial charge in [-0.25, -0.2) is 4.98 Å². The Morgan fingerprint density at radius 2 is 2.40 bits per heavy atom. The summed E-state index contributed by atoms with van der Waals surface area (Å²) in [6, 6.07) is -1.01. The lowest BCUT2D eigenvalue weighted by molar-refractivity contribution is -0.139. The van der Waals surface area contributed by atoms with Crippen molar-refractivity contribution in [3.05, 3.63) is 16.6 Å². The highest BCUT2D eigenvalue weighted by molar-refractivity contribution is 7.07. The highest BCUT2D eigenvalue weighted by Crippen LogP contribution is 2.00. The maximum Gasteiger partial charge on any atom is 0.305 e. The van der Waals surface area contributed by atoms with Crippen LogP contribution in [-0.4, -0.2) is 28.0 Å². The third-order valence-corrected chi connectivity index (χ3v) is 2.29. The second-order valence-electron chi connectivity index (χ2n) is 2.90. The van der Waals surface area contributed by atoms with Crippen molar-refractivity contribution in [2.45, 2.75) is 19.0 Å². The number of carboxylic acid groups (broad SMARTS) is 1. The predicted molar refractivity (Wildman–Crippen MR) is 54.2 cm³/mol. The zero-order chi connectivity index (χ0) is 11.3. The van der Waals surface area contributed by atoms with Crippen molar-refractivity contribution >= 4 is 23.2 Å². The Morgan fingerprint density at radius 1 is 1.67 bits per heavy atom. The van der Waals surface area contributed by atoms with Gasteiger partial charge in [0, 0.05) is 5.38 Å². The average molecular weight is 229 g/mol. The summed E-state index contributed by atoms with van der Waals surface area (Å²) in [6.45, 7) is 0.273. The third kappa shape index (κ3) is 4.05. The van der Waals surface area contributed by atoms with Crippen LogP contribution in [0.25, 0.3) is 0 Å². The summed E-state index contributed by atoms with van der Waals surface area (Å²) in [5.41, 5.74) is 7.73. The van der Waals surface area contributed by atoms with Crippen LogP contribution in [0.2, 0.25) is 0 Å². The Balaban J connectivity index is 2.32. The van der Waals surface area contributed by atoms with E-state index < -0.39 is 17.9 Å². The first-order valence-electron chi connectivity index (χ1n) is 4.21. The van der Waals surface area contributed by atoms with E-state index in [1.54, 1.807) is 10.9 Å². The summed E-state index contributed by atoms with van der Waals surface area (Å²) in [5.74, 6) is -1.57. The van der Waals surface area contributed by atoms with Crippen LogP contribution in [0.3, 0.4) is 0 Å². The van der Waals surface area contributed by atoms with E-state index in [9.17, 15) is 9.59 Å². The number of carbonyl (C=O) groups is 2. The Hall–Kier alpha value is -1.47. The minimum absolute atomic E-state index is 0.273. The van der Waals surface area contributed by atoms with Crippen molar-refractivity contribution in [2.75, 3.05) is 0 Å². The summed E-state index contributed by atoms with van der Waals surface area (Å²) >= 11 is 1.42. The van der Waals surface area contributed by atoms with E-state index in [4.69, 9.17) is 10.8 Å². The van der Waals surface area contributed by atoms with E-state index in [0.29, 0.717) is 0 Å². The fourth-order valence-electron chi connectivity index (χ4n) is 0.914. The topological polar surface area (TPSA) is 105 Å². The van der Waals surface area contributed by atoms with E-state index in [0.717, 1.165) is 5.69 Å². The van der Waals surface area contributed by atoms with Crippen molar-refractivity contribution in [3.63, 3.8) is 0 Å². The van der Waals surface area contributed by atoms with Crippen LogP contribution in [0.15, 0.2) is 10.9 Å². The van der Waals surface area contributed by atoms with Crippen LogP contribution in [0.5, 0.6) is 0 Å². The van der Waals surface area contributed by atoms with E-state index in [2.05, 4.69) is 10.3 Å². The van der Waals surface area contributed by atoms with Gasteiger partial charge < -0.3 is 16.2 Å². The molecule has 0 aliphatic rings. The molecule has 0 aliphatic heterocycles.